The van der Waals surface area contributed by atoms with Crippen molar-refractivity contribution in [2.24, 2.45) is 5.73 Å². The molecule has 5 heteroatoms. The van der Waals surface area contributed by atoms with Crippen LogP contribution in [0.4, 0.5) is 0 Å². The van der Waals surface area contributed by atoms with Crippen molar-refractivity contribution in [2.45, 2.75) is 63.8 Å². The molecule has 4 unspecified atom stereocenters. The van der Waals surface area contributed by atoms with Gasteiger partial charge < -0.3 is 25.1 Å². The molecule has 0 saturated carbocycles. The predicted molar refractivity (Wildman–Crippen MR) is 64.6 cm³/mol. The first-order valence-electron chi connectivity index (χ1n) is 6.07. The molecule has 102 valence electrons. The summed E-state index contributed by atoms with van der Waals surface area (Å²) in [6.07, 6.45) is -0.284. The molecule has 0 aromatic carbocycles. The molecule has 3 N–H and O–H groups in total. The lowest BCUT2D eigenvalue weighted by Gasteiger charge is -2.52. The second-order valence-corrected chi connectivity index (χ2v) is 5.16. The van der Waals surface area contributed by atoms with E-state index in [4.69, 9.17) is 19.9 Å². The molecule has 0 amide bonds. The quantitative estimate of drug-likeness (QED) is 0.762. The van der Waals surface area contributed by atoms with E-state index in [1.807, 2.05) is 20.8 Å². The average molecular weight is 247 g/mol. The molecular weight excluding hydrogens is 222 g/mol. The molecule has 1 saturated heterocycles. The number of hydrogen-bond donors (Lipinski definition) is 2. The molecule has 1 aliphatic heterocycles. The first-order valence-corrected chi connectivity index (χ1v) is 6.07. The Morgan fingerprint density at radius 2 is 2.12 bits per heavy atom. The maximum atomic E-state index is 10.6. The van der Waals surface area contributed by atoms with Gasteiger partial charge in [0.25, 0.3) is 0 Å². The van der Waals surface area contributed by atoms with Gasteiger partial charge >= 0.3 is 0 Å². The minimum atomic E-state index is -1.20. The molecule has 0 radical (unpaired) electrons. The fraction of sp³-hybridized carbons (Fsp3) is 1.00. The number of nitrogens with two attached hydrogens (primary N) is 1. The van der Waals surface area contributed by atoms with Gasteiger partial charge in [-0.15, -0.1) is 0 Å². The second-order valence-electron chi connectivity index (χ2n) is 5.16. The van der Waals surface area contributed by atoms with Gasteiger partial charge in [0.15, 0.2) is 6.29 Å². The molecule has 4 atom stereocenters. The summed E-state index contributed by atoms with van der Waals surface area (Å²) in [5.41, 5.74) is 3.71. The summed E-state index contributed by atoms with van der Waals surface area (Å²) >= 11 is 0. The summed E-state index contributed by atoms with van der Waals surface area (Å²) in [7, 11) is 1.57. The Balaban J connectivity index is 2.89. The molecule has 1 rings (SSSR count). The van der Waals surface area contributed by atoms with Crippen molar-refractivity contribution in [1.29, 1.82) is 0 Å². The van der Waals surface area contributed by atoms with E-state index in [-0.39, 0.29) is 18.9 Å². The fourth-order valence-corrected chi connectivity index (χ4v) is 2.34. The van der Waals surface area contributed by atoms with Gasteiger partial charge in [-0.1, -0.05) is 0 Å². The van der Waals surface area contributed by atoms with Crippen LogP contribution in [0.3, 0.4) is 0 Å². The van der Waals surface area contributed by atoms with Crippen LogP contribution in [0.25, 0.3) is 0 Å². The van der Waals surface area contributed by atoms with E-state index in [0.717, 1.165) is 0 Å². The van der Waals surface area contributed by atoms with Crippen LogP contribution in [0, 0.1) is 0 Å². The maximum Gasteiger partial charge on any atom is 0.161 e. The average Bonchev–Trinajstić information content (AvgIpc) is 2.24. The number of methoxy groups -OCH3 is 1. The van der Waals surface area contributed by atoms with Crippen molar-refractivity contribution in [3.63, 3.8) is 0 Å². The molecule has 1 aliphatic rings. The summed E-state index contributed by atoms with van der Waals surface area (Å²) in [5.74, 6) is 0. The van der Waals surface area contributed by atoms with E-state index < -0.39 is 17.3 Å². The smallest absolute Gasteiger partial charge is 0.161 e. The van der Waals surface area contributed by atoms with Gasteiger partial charge in [0, 0.05) is 20.1 Å². The summed E-state index contributed by atoms with van der Waals surface area (Å²) in [5, 5.41) is 10.6. The summed E-state index contributed by atoms with van der Waals surface area (Å²) < 4.78 is 16.8. The zero-order valence-corrected chi connectivity index (χ0v) is 11.4. The Kier molecular flexibility index (Phi) is 4.54. The topological polar surface area (TPSA) is 73.9 Å². The van der Waals surface area contributed by atoms with Crippen LogP contribution < -0.4 is 5.73 Å². The van der Waals surface area contributed by atoms with Crippen LogP contribution >= 0.6 is 0 Å². The van der Waals surface area contributed by atoms with Gasteiger partial charge in [-0.25, -0.2) is 0 Å². The van der Waals surface area contributed by atoms with E-state index in [2.05, 4.69) is 0 Å². The van der Waals surface area contributed by atoms with Crippen molar-refractivity contribution in [1.82, 2.24) is 0 Å². The highest BCUT2D eigenvalue weighted by molar-refractivity contribution is 5.06. The highest BCUT2D eigenvalue weighted by atomic mass is 16.7. The number of hydrogen-bond acceptors (Lipinski definition) is 5. The molecule has 1 heterocycles. The Morgan fingerprint density at radius 1 is 1.53 bits per heavy atom. The van der Waals surface area contributed by atoms with Crippen molar-refractivity contribution >= 4 is 0 Å². The predicted octanol–water partition coefficient (Wildman–Crippen LogP) is 0.641. The van der Waals surface area contributed by atoms with Crippen molar-refractivity contribution in [3.8, 4) is 0 Å². The largest absolute Gasteiger partial charge is 0.383 e. The standard InChI is InChI=1S/C12H25NO4/c1-8(2)16-10-6-11(4,15-5)12(14,7-13)9(3)17-10/h8-10,14H,6-7,13H2,1-5H3. The third-order valence-corrected chi connectivity index (χ3v) is 3.69. The zero-order valence-electron chi connectivity index (χ0n) is 11.4. The molecule has 0 aromatic heterocycles. The van der Waals surface area contributed by atoms with Gasteiger partial charge in [0.05, 0.1) is 12.2 Å². The minimum absolute atomic E-state index is 0.0670. The zero-order chi connectivity index (χ0) is 13.3. The monoisotopic (exact) mass is 247 g/mol. The Bertz CT molecular complexity index is 261. The summed E-state index contributed by atoms with van der Waals surface area (Å²) in [4.78, 5) is 0. The van der Waals surface area contributed by atoms with Crippen LogP contribution in [0.15, 0.2) is 0 Å². The van der Waals surface area contributed by atoms with Crippen LogP contribution in [0.1, 0.15) is 34.1 Å². The van der Waals surface area contributed by atoms with Crippen LogP contribution in [-0.4, -0.2) is 48.5 Å². The molecule has 0 aliphatic carbocycles. The number of ether oxygens (including phenoxy) is 3. The molecular formula is C12H25NO4. The second kappa shape index (κ2) is 5.20. The molecule has 0 spiro atoms. The molecule has 17 heavy (non-hydrogen) atoms. The third-order valence-electron chi connectivity index (χ3n) is 3.69. The third kappa shape index (κ3) is 2.63. The lowest BCUT2D eigenvalue weighted by molar-refractivity contribution is -0.319. The van der Waals surface area contributed by atoms with E-state index in [0.29, 0.717) is 6.42 Å². The highest BCUT2D eigenvalue weighted by Gasteiger charge is 2.56. The Hall–Kier alpha value is -0.200. The molecule has 1 fully saturated rings. The highest BCUT2D eigenvalue weighted by Crippen LogP contribution is 2.39. The van der Waals surface area contributed by atoms with E-state index >= 15 is 0 Å². The van der Waals surface area contributed by atoms with Crippen molar-refractivity contribution in [2.75, 3.05) is 13.7 Å². The van der Waals surface area contributed by atoms with E-state index in [1.54, 1.807) is 14.0 Å². The van der Waals surface area contributed by atoms with Crippen molar-refractivity contribution < 1.29 is 19.3 Å². The SMILES string of the molecule is COC1(C)CC(OC(C)C)OC(C)C1(O)CN. The summed E-state index contributed by atoms with van der Waals surface area (Å²) in [6, 6.07) is 0. The van der Waals surface area contributed by atoms with E-state index in [9.17, 15) is 5.11 Å². The normalized spacial score (nSPS) is 43.1. The fourth-order valence-electron chi connectivity index (χ4n) is 2.34. The lowest BCUT2D eigenvalue weighted by atomic mass is 9.75. The number of rotatable bonds is 4. The van der Waals surface area contributed by atoms with Gasteiger partial charge in [0.1, 0.15) is 11.2 Å². The van der Waals surface area contributed by atoms with Crippen LogP contribution in [0.2, 0.25) is 0 Å². The first-order chi connectivity index (χ1) is 7.79. The maximum absolute atomic E-state index is 10.6. The van der Waals surface area contributed by atoms with Crippen LogP contribution in [0.5, 0.6) is 0 Å². The lowest BCUT2D eigenvalue weighted by Crippen LogP contribution is -2.69. The minimum Gasteiger partial charge on any atom is -0.383 e. The molecule has 0 aromatic rings. The Morgan fingerprint density at radius 3 is 2.53 bits per heavy atom. The van der Waals surface area contributed by atoms with Gasteiger partial charge in [-0.05, 0) is 27.7 Å². The number of aliphatic hydroxyl groups is 1. The Labute approximate surface area is 103 Å². The first kappa shape index (κ1) is 14.9. The molecule has 5 nitrogen and oxygen atoms in total. The van der Waals surface area contributed by atoms with E-state index in [1.165, 1.54) is 0 Å². The van der Waals surface area contributed by atoms with Crippen molar-refractivity contribution in [3.05, 3.63) is 0 Å². The van der Waals surface area contributed by atoms with Gasteiger partial charge in [-0.2, -0.15) is 0 Å². The molecule has 0 bridgehead atoms. The summed E-state index contributed by atoms with van der Waals surface area (Å²) in [6.45, 7) is 7.62. The van der Waals surface area contributed by atoms with Crippen LogP contribution in [-0.2, 0) is 14.2 Å². The van der Waals surface area contributed by atoms with Gasteiger partial charge in [-0.3, -0.25) is 0 Å². The van der Waals surface area contributed by atoms with Gasteiger partial charge in [0.2, 0.25) is 0 Å².